The van der Waals surface area contributed by atoms with Gasteiger partial charge in [-0.2, -0.15) is 13.2 Å². The Bertz CT molecular complexity index is 1530. The quantitative estimate of drug-likeness (QED) is 0.449. The predicted molar refractivity (Wildman–Crippen MR) is 145 cm³/mol. The fourth-order valence-corrected chi connectivity index (χ4v) is 5.54. The van der Waals surface area contributed by atoms with E-state index >= 15 is 0 Å². The van der Waals surface area contributed by atoms with Crippen molar-refractivity contribution in [1.82, 2.24) is 39.4 Å². The summed E-state index contributed by atoms with van der Waals surface area (Å²) in [5, 5.41) is 10.1. The number of halogens is 5. The first-order valence-electron chi connectivity index (χ1n) is 13.5. The van der Waals surface area contributed by atoms with Gasteiger partial charge in [-0.05, 0) is 43.6 Å². The van der Waals surface area contributed by atoms with Gasteiger partial charge in [-0.3, -0.25) is 9.59 Å². The van der Waals surface area contributed by atoms with Crippen LogP contribution >= 0.6 is 11.6 Å². The molecule has 2 aromatic heterocycles. The molecule has 1 unspecified atom stereocenters. The molecular weight excluding hydrogens is 580 g/mol. The molecule has 226 valence electrons. The molecule has 3 aromatic rings. The summed E-state index contributed by atoms with van der Waals surface area (Å²) in [6.45, 7) is 6.61. The van der Waals surface area contributed by atoms with Gasteiger partial charge in [0.15, 0.2) is 11.5 Å². The van der Waals surface area contributed by atoms with Crippen molar-refractivity contribution in [1.29, 1.82) is 0 Å². The molecule has 0 saturated heterocycles. The molecule has 2 amide bonds. The molecule has 0 aliphatic carbocycles. The molecule has 0 saturated carbocycles. The van der Waals surface area contributed by atoms with Crippen molar-refractivity contribution in [2.75, 3.05) is 20.1 Å². The number of nitrogens with one attached hydrogen (secondary N) is 1. The third kappa shape index (κ3) is 5.74. The van der Waals surface area contributed by atoms with E-state index in [2.05, 4.69) is 20.5 Å². The summed E-state index contributed by atoms with van der Waals surface area (Å²) in [5.74, 6) is -2.46. The molecule has 4 heterocycles. The maximum Gasteiger partial charge on any atom is 0.451 e. The van der Waals surface area contributed by atoms with E-state index in [4.69, 9.17) is 11.6 Å². The summed E-state index contributed by atoms with van der Waals surface area (Å²) >= 11 is 6.16. The maximum absolute atomic E-state index is 14.9. The van der Waals surface area contributed by atoms with Crippen LogP contribution in [0.15, 0.2) is 18.2 Å². The van der Waals surface area contributed by atoms with E-state index in [1.807, 2.05) is 16.5 Å². The van der Waals surface area contributed by atoms with Crippen LogP contribution in [0.3, 0.4) is 0 Å². The van der Waals surface area contributed by atoms with Crippen molar-refractivity contribution < 1.29 is 27.2 Å². The number of fused-ring (bicyclic) bond motifs is 2. The molecule has 2 aliphatic heterocycles. The SMILES string of the molecule is CN1CCCn2c(-c3cc(Cl)ccc3F)nc(C(=O)NC(C(=O)N3CCn4c(nnc4C(F)(F)F)C3)C(C)(C)C)c2C1. The standard InChI is InChI=1S/C27H31ClF4N8O2/c1-26(2,3)21(24(42)38-10-11-40-19(14-38)35-36-25(40)27(30,31)32)34-23(41)20-18-13-37(4)8-5-9-39(18)22(33-20)16-12-15(28)6-7-17(16)29/h6-7,12,21H,5,8-11,13-14H2,1-4H3,(H,34,41). The number of hydrogen-bond acceptors (Lipinski definition) is 6. The smallest absolute Gasteiger partial charge is 0.338 e. The Hall–Kier alpha value is -3.52. The average Bonchev–Trinajstić information content (AvgIpc) is 3.43. The van der Waals surface area contributed by atoms with Crippen LogP contribution in [0.2, 0.25) is 5.02 Å². The number of aromatic nitrogens is 5. The normalized spacial score (nSPS) is 16.9. The number of imidazole rings is 1. The Balaban J connectivity index is 1.46. The van der Waals surface area contributed by atoms with Gasteiger partial charge >= 0.3 is 6.18 Å². The number of alkyl halides is 3. The summed E-state index contributed by atoms with van der Waals surface area (Å²) in [5.41, 5.74) is 0.0252. The van der Waals surface area contributed by atoms with Gasteiger partial charge in [-0.25, -0.2) is 9.37 Å². The van der Waals surface area contributed by atoms with Gasteiger partial charge in [0, 0.05) is 31.2 Å². The van der Waals surface area contributed by atoms with Crippen molar-refractivity contribution in [3.8, 4) is 11.4 Å². The number of benzene rings is 1. The van der Waals surface area contributed by atoms with Gasteiger partial charge in [0.05, 0.1) is 17.8 Å². The molecule has 1 aromatic carbocycles. The Morgan fingerprint density at radius 2 is 1.76 bits per heavy atom. The number of rotatable bonds is 4. The van der Waals surface area contributed by atoms with E-state index in [9.17, 15) is 27.2 Å². The second kappa shape index (κ2) is 11.0. The zero-order valence-electron chi connectivity index (χ0n) is 23.6. The van der Waals surface area contributed by atoms with Gasteiger partial charge < -0.3 is 24.3 Å². The van der Waals surface area contributed by atoms with E-state index in [0.717, 1.165) is 17.5 Å². The van der Waals surface area contributed by atoms with Gasteiger partial charge in [0.1, 0.15) is 17.7 Å². The van der Waals surface area contributed by atoms with E-state index in [0.29, 0.717) is 23.8 Å². The second-order valence-electron chi connectivity index (χ2n) is 11.7. The lowest BCUT2D eigenvalue weighted by molar-refractivity contribution is -0.148. The second-order valence-corrected chi connectivity index (χ2v) is 12.2. The highest BCUT2D eigenvalue weighted by atomic mass is 35.5. The van der Waals surface area contributed by atoms with Crippen molar-refractivity contribution in [3.05, 3.63) is 52.1 Å². The van der Waals surface area contributed by atoms with Gasteiger partial charge in [0.2, 0.25) is 11.7 Å². The van der Waals surface area contributed by atoms with Gasteiger partial charge in [-0.15, -0.1) is 10.2 Å². The van der Waals surface area contributed by atoms with E-state index in [1.165, 1.54) is 23.1 Å². The van der Waals surface area contributed by atoms with Crippen LogP contribution in [0.25, 0.3) is 11.4 Å². The van der Waals surface area contributed by atoms with Crippen LogP contribution in [0, 0.1) is 11.2 Å². The van der Waals surface area contributed by atoms with E-state index < -0.39 is 41.1 Å². The predicted octanol–water partition coefficient (Wildman–Crippen LogP) is 3.98. The highest BCUT2D eigenvalue weighted by Gasteiger charge is 2.42. The average molecular weight is 611 g/mol. The molecule has 0 spiro atoms. The number of carbonyl (C=O) groups excluding carboxylic acids is 2. The van der Waals surface area contributed by atoms with Crippen LogP contribution in [0.5, 0.6) is 0 Å². The first-order chi connectivity index (χ1) is 19.6. The topological polar surface area (TPSA) is 101 Å². The fourth-order valence-electron chi connectivity index (χ4n) is 5.36. The molecule has 15 heteroatoms. The minimum Gasteiger partial charge on any atom is -0.338 e. The Labute approximate surface area is 244 Å². The highest BCUT2D eigenvalue weighted by Crippen LogP contribution is 2.32. The fraction of sp³-hybridized carbons (Fsp3) is 0.519. The Kier molecular flexibility index (Phi) is 7.81. The minimum absolute atomic E-state index is 0.0107. The maximum atomic E-state index is 14.9. The van der Waals surface area contributed by atoms with Crippen LogP contribution in [0.1, 0.15) is 55.0 Å². The van der Waals surface area contributed by atoms with E-state index in [-0.39, 0.29) is 42.5 Å². The third-order valence-corrected chi connectivity index (χ3v) is 7.74. The van der Waals surface area contributed by atoms with Crippen molar-refractivity contribution in [2.45, 2.75) is 65.6 Å². The zero-order chi connectivity index (χ0) is 30.6. The van der Waals surface area contributed by atoms with Gasteiger partial charge in [-0.1, -0.05) is 32.4 Å². The summed E-state index contributed by atoms with van der Waals surface area (Å²) in [6.07, 6.45) is -3.92. The molecule has 0 fully saturated rings. The van der Waals surface area contributed by atoms with Crippen LogP contribution < -0.4 is 5.32 Å². The van der Waals surface area contributed by atoms with E-state index in [1.54, 1.807) is 20.8 Å². The van der Waals surface area contributed by atoms with Gasteiger partial charge in [0.25, 0.3) is 5.91 Å². The zero-order valence-corrected chi connectivity index (χ0v) is 24.4. The monoisotopic (exact) mass is 610 g/mol. The molecule has 1 atom stereocenters. The number of hydrogen-bond donors (Lipinski definition) is 1. The molecule has 10 nitrogen and oxygen atoms in total. The lowest BCUT2D eigenvalue weighted by Gasteiger charge is -2.36. The highest BCUT2D eigenvalue weighted by molar-refractivity contribution is 6.30. The first kappa shape index (κ1) is 30.0. The minimum atomic E-state index is -4.66. The summed E-state index contributed by atoms with van der Waals surface area (Å²) in [4.78, 5) is 35.6. The molecular formula is C27H31ClF4N8O2. The van der Waals surface area contributed by atoms with Crippen LogP contribution in [0.4, 0.5) is 17.6 Å². The summed E-state index contributed by atoms with van der Waals surface area (Å²) < 4.78 is 57.6. The molecule has 0 radical (unpaired) electrons. The summed E-state index contributed by atoms with van der Waals surface area (Å²) in [6, 6.07) is 3.09. The molecule has 5 rings (SSSR count). The van der Waals surface area contributed by atoms with Crippen molar-refractivity contribution in [2.24, 2.45) is 5.41 Å². The molecule has 2 aliphatic rings. The number of amides is 2. The lowest BCUT2D eigenvalue weighted by Crippen LogP contribution is -2.56. The largest absolute Gasteiger partial charge is 0.451 e. The van der Waals surface area contributed by atoms with Crippen LogP contribution in [-0.4, -0.2) is 72.1 Å². The molecule has 1 N–H and O–H groups in total. The first-order valence-corrected chi connectivity index (χ1v) is 13.8. The molecule has 42 heavy (non-hydrogen) atoms. The number of nitrogens with zero attached hydrogens (tertiary/aromatic N) is 7. The van der Waals surface area contributed by atoms with Crippen molar-refractivity contribution in [3.63, 3.8) is 0 Å². The lowest BCUT2D eigenvalue weighted by atomic mass is 9.85. The van der Waals surface area contributed by atoms with Crippen LogP contribution in [-0.2, 0) is 37.1 Å². The molecule has 0 bridgehead atoms. The third-order valence-electron chi connectivity index (χ3n) is 7.50. The van der Waals surface area contributed by atoms with Crippen molar-refractivity contribution >= 4 is 23.4 Å². The Morgan fingerprint density at radius 1 is 1.02 bits per heavy atom. The number of carbonyl (C=O) groups is 2. The Morgan fingerprint density at radius 3 is 2.45 bits per heavy atom. The summed E-state index contributed by atoms with van der Waals surface area (Å²) in [7, 11) is 1.91.